The maximum absolute atomic E-state index is 12.6. The quantitative estimate of drug-likeness (QED) is 0.680. The zero-order valence-electron chi connectivity index (χ0n) is 16.9. The highest BCUT2D eigenvalue weighted by atomic mass is 35.5. The molecule has 1 amide bonds. The molecule has 4 rings (SSSR count). The fourth-order valence-electron chi connectivity index (χ4n) is 3.32. The molecule has 2 aliphatic rings. The van der Waals surface area contributed by atoms with Crippen LogP contribution in [0.25, 0.3) is 11.8 Å². The van der Waals surface area contributed by atoms with Crippen LogP contribution in [0.4, 0.5) is 0 Å². The lowest BCUT2D eigenvalue weighted by atomic mass is 10.1. The number of benzene rings is 1. The fourth-order valence-corrected chi connectivity index (χ4v) is 5.70. The zero-order chi connectivity index (χ0) is 22.5. The molecule has 0 bridgehead atoms. The smallest absolute Gasteiger partial charge is 0.283 e. The number of hydrogen-bond acceptors (Lipinski definition) is 6. The summed E-state index contributed by atoms with van der Waals surface area (Å²) >= 11 is 7.14. The highest BCUT2D eigenvalue weighted by molar-refractivity contribution is 8.42. The summed E-state index contributed by atoms with van der Waals surface area (Å²) in [4.78, 5) is 16.6. The lowest BCUT2D eigenvalue weighted by molar-refractivity contribution is -0.114. The predicted octanol–water partition coefficient (Wildman–Crippen LogP) is 3.76. The summed E-state index contributed by atoms with van der Waals surface area (Å²) in [6.45, 7) is 5.32. The molecule has 0 radical (unpaired) electrons. The number of rotatable bonds is 3. The zero-order valence-corrected chi connectivity index (χ0v) is 19.3. The first kappa shape index (κ1) is 21.5. The van der Waals surface area contributed by atoms with Crippen molar-refractivity contribution in [3.8, 4) is 5.69 Å². The number of nitrogens with one attached hydrogen (secondary N) is 1. The van der Waals surface area contributed by atoms with Crippen molar-refractivity contribution >= 4 is 60.6 Å². The van der Waals surface area contributed by atoms with Crippen LogP contribution in [0.3, 0.4) is 0 Å². The second-order valence-electron chi connectivity index (χ2n) is 6.90. The minimum absolute atomic E-state index is 0.0302. The number of sulfone groups is 1. The summed E-state index contributed by atoms with van der Waals surface area (Å²) in [6.07, 6.45) is 1.58. The van der Waals surface area contributed by atoms with Crippen molar-refractivity contribution in [3.63, 3.8) is 0 Å². The van der Waals surface area contributed by atoms with E-state index >= 15 is 0 Å². The topological polar surface area (TPSA) is 108 Å². The Balaban J connectivity index is 1.76. The van der Waals surface area contributed by atoms with E-state index in [4.69, 9.17) is 17.0 Å². The Morgan fingerprint density at radius 2 is 1.97 bits per heavy atom. The number of aliphatic imine (C=N–C) groups is 1. The molecule has 160 valence electrons. The lowest BCUT2D eigenvalue weighted by Crippen LogP contribution is -2.35. The molecule has 0 saturated heterocycles. The minimum Gasteiger partial charge on any atom is -0.316 e. The molecule has 31 heavy (non-hydrogen) atoms. The molecule has 1 N–H and O–H groups in total. The van der Waals surface area contributed by atoms with Crippen molar-refractivity contribution in [2.75, 3.05) is 5.75 Å². The first-order valence-corrected chi connectivity index (χ1v) is 12.2. The molecule has 1 aromatic carbocycles. The number of hydrogen-bond donors (Lipinski definition) is 1. The summed E-state index contributed by atoms with van der Waals surface area (Å²) in [6, 6.07) is 9.33. The van der Waals surface area contributed by atoms with Gasteiger partial charge in [0, 0.05) is 11.4 Å². The molecular weight excluding hydrogens is 458 g/mol. The Kier molecular flexibility index (Phi) is 5.40. The molecule has 1 aromatic heterocycles. The summed E-state index contributed by atoms with van der Waals surface area (Å²) < 4.78 is 26.1. The molecular formula is C20H18ClN5O3S2. The van der Waals surface area contributed by atoms with Gasteiger partial charge in [-0.1, -0.05) is 30.7 Å². The maximum atomic E-state index is 12.6. The summed E-state index contributed by atoms with van der Waals surface area (Å²) in [7, 11) is -3.57. The van der Waals surface area contributed by atoms with Crippen LogP contribution in [0.2, 0.25) is 5.02 Å². The normalized spacial score (nSPS) is 17.8. The van der Waals surface area contributed by atoms with E-state index < -0.39 is 15.7 Å². The van der Waals surface area contributed by atoms with Gasteiger partial charge in [-0.25, -0.2) is 8.42 Å². The SMILES string of the molecule is CCS(=O)(=O)C1=NN2C(=N)/C(=C\c3cc(C)n(-c4ccccc4Cl)c3C)C(=O)N=C2S1. The van der Waals surface area contributed by atoms with Crippen molar-refractivity contribution in [2.45, 2.75) is 20.8 Å². The number of fused-ring (bicyclic) bond motifs is 1. The van der Waals surface area contributed by atoms with Crippen LogP contribution in [0.15, 0.2) is 46.0 Å². The third-order valence-corrected chi connectivity index (χ3v) is 8.35. The summed E-state index contributed by atoms with van der Waals surface area (Å²) in [5.74, 6) is -0.958. The average Bonchev–Trinajstić information content (AvgIpc) is 3.27. The van der Waals surface area contributed by atoms with Gasteiger partial charge in [-0.15, -0.1) is 5.10 Å². The number of carbonyl (C=O) groups is 1. The highest BCUT2D eigenvalue weighted by Gasteiger charge is 2.39. The first-order chi connectivity index (χ1) is 14.6. The number of nitrogens with zero attached hydrogens (tertiary/aromatic N) is 4. The minimum atomic E-state index is -3.57. The number of hydrazone groups is 1. The van der Waals surface area contributed by atoms with E-state index in [-0.39, 0.29) is 26.7 Å². The van der Waals surface area contributed by atoms with Crippen molar-refractivity contribution in [3.05, 3.63) is 57.9 Å². The van der Waals surface area contributed by atoms with Crippen molar-refractivity contribution in [2.24, 2.45) is 10.1 Å². The Labute approximate surface area is 188 Å². The summed E-state index contributed by atoms with van der Waals surface area (Å²) in [5, 5.41) is 14.2. The molecule has 3 heterocycles. The molecule has 2 aliphatic heterocycles. The largest absolute Gasteiger partial charge is 0.316 e. The second-order valence-corrected chi connectivity index (χ2v) is 10.7. The number of aryl methyl sites for hydroxylation is 1. The van der Waals surface area contributed by atoms with E-state index in [9.17, 15) is 13.2 Å². The molecule has 0 saturated carbocycles. The van der Waals surface area contributed by atoms with Gasteiger partial charge in [0.25, 0.3) is 5.91 Å². The Bertz CT molecular complexity index is 1340. The van der Waals surface area contributed by atoms with Gasteiger partial charge < -0.3 is 4.57 Å². The van der Waals surface area contributed by atoms with Gasteiger partial charge in [0.1, 0.15) is 0 Å². The summed E-state index contributed by atoms with van der Waals surface area (Å²) in [5.41, 5.74) is 3.30. The van der Waals surface area contributed by atoms with Gasteiger partial charge in [0.05, 0.1) is 22.0 Å². The number of thioether (sulfide) groups is 1. The molecule has 2 aromatic rings. The number of aromatic nitrogens is 1. The molecule has 8 nitrogen and oxygen atoms in total. The van der Waals surface area contributed by atoms with E-state index in [0.717, 1.165) is 39.4 Å². The maximum Gasteiger partial charge on any atom is 0.283 e. The van der Waals surface area contributed by atoms with Gasteiger partial charge in [-0.05, 0) is 55.4 Å². The van der Waals surface area contributed by atoms with Gasteiger partial charge in [-0.3, -0.25) is 10.2 Å². The van der Waals surface area contributed by atoms with E-state index in [1.54, 1.807) is 12.1 Å². The standard InChI is InChI=1S/C20H18ClN5O3S2/c1-4-31(28,29)20-24-26-17(22)14(18(27)23-19(26)30-20)10-13-9-11(2)25(12(13)3)16-8-6-5-7-15(16)21/h5-10,22H,4H2,1-3H3/b14-10+,22-17?. The third-order valence-electron chi connectivity index (χ3n) is 4.95. The van der Waals surface area contributed by atoms with Crippen molar-refractivity contribution < 1.29 is 13.2 Å². The highest BCUT2D eigenvalue weighted by Crippen LogP contribution is 2.32. The van der Waals surface area contributed by atoms with Crippen LogP contribution >= 0.6 is 23.4 Å². The van der Waals surface area contributed by atoms with Gasteiger partial charge in [-0.2, -0.15) is 10.0 Å². The second kappa shape index (κ2) is 7.77. The van der Waals surface area contributed by atoms with E-state index in [1.807, 2.05) is 42.7 Å². The van der Waals surface area contributed by atoms with Crippen molar-refractivity contribution in [1.82, 2.24) is 9.58 Å². The van der Waals surface area contributed by atoms with Crippen LogP contribution in [0.1, 0.15) is 23.9 Å². The van der Waals surface area contributed by atoms with Crippen LogP contribution in [-0.2, 0) is 14.6 Å². The van der Waals surface area contributed by atoms with Crippen molar-refractivity contribution in [1.29, 1.82) is 5.41 Å². The fraction of sp³-hybridized carbons (Fsp3) is 0.200. The van der Waals surface area contributed by atoms with E-state index in [1.165, 1.54) is 6.92 Å². The molecule has 11 heteroatoms. The number of para-hydroxylation sites is 1. The molecule has 0 spiro atoms. The molecule has 0 atom stereocenters. The first-order valence-electron chi connectivity index (χ1n) is 9.31. The monoisotopic (exact) mass is 475 g/mol. The van der Waals surface area contributed by atoms with E-state index in [2.05, 4.69) is 10.1 Å². The lowest BCUT2D eigenvalue weighted by Gasteiger charge is -2.20. The van der Waals surface area contributed by atoms with Crippen LogP contribution in [0, 0.1) is 19.3 Å². The number of halogens is 1. The number of amidine groups is 2. The number of carbonyl (C=O) groups excluding carboxylic acids is 1. The van der Waals surface area contributed by atoms with Gasteiger partial charge in [0.2, 0.25) is 19.4 Å². The number of amides is 1. The Morgan fingerprint density at radius 1 is 1.26 bits per heavy atom. The Hall–Kier alpha value is -2.69. The molecule has 0 fully saturated rings. The van der Waals surface area contributed by atoms with Gasteiger partial charge in [0.15, 0.2) is 5.84 Å². The Morgan fingerprint density at radius 3 is 2.65 bits per heavy atom. The van der Waals surface area contributed by atoms with Gasteiger partial charge >= 0.3 is 0 Å². The van der Waals surface area contributed by atoms with E-state index in [0.29, 0.717) is 5.02 Å². The van der Waals surface area contributed by atoms with Crippen LogP contribution in [-0.4, -0.2) is 45.0 Å². The molecule has 0 aliphatic carbocycles. The average molecular weight is 476 g/mol. The third kappa shape index (κ3) is 3.64. The van der Waals surface area contributed by atoms with Crippen LogP contribution in [0.5, 0.6) is 0 Å². The predicted molar refractivity (Wildman–Crippen MR) is 125 cm³/mol. The van der Waals surface area contributed by atoms with Crippen LogP contribution < -0.4 is 0 Å². The molecule has 0 unspecified atom stereocenters.